The van der Waals surface area contributed by atoms with Crippen molar-refractivity contribution in [3.63, 3.8) is 0 Å². The van der Waals surface area contributed by atoms with Crippen molar-refractivity contribution in [1.82, 2.24) is 0 Å². The summed E-state index contributed by atoms with van der Waals surface area (Å²) in [6.45, 7) is 0. The van der Waals surface area contributed by atoms with Gasteiger partial charge in [-0.3, -0.25) is 0 Å². The maximum Gasteiger partial charge on any atom is 3.00 e. The number of hydrogen-bond acceptors (Lipinski definition) is 3. The largest absolute Gasteiger partial charge is 3.00 e. The van der Waals surface area contributed by atoms with Gasteiger partial charge in [-0.15, -0.1) is 0 Å². The molecule has 0 amide bonds. The summed E-state index contributed by atoms with van der Waals surface area (Å²) < 4.78 is 0. The molecule has 0 spiro atoms. The van der Waals surface area contributed by atoms with Gasteiger partial charge >= 0.3 is 17.1 Å². The quantitative estimate of drug-likeness (QED) is 0.501. The van der Waals surface area contributed by atoms with E-state index in [4.69, 9.17) is 33.6 Å². The minimum absolute atomic E-state index is 0. The first-order chi connectivity index (χ1) is 5.39. The van der Waals surface area contributed by atoms with E-state index in [0.29, 0.717) is 0 Å². The number of hydrogen-bond donors (Lipinski definition) is 0. The van der Waals surface area contributed by atoms with Crippen molar-refractivity contribution in [2.45, 2.75) is 4.90 Å². The maximum absolute atomic E-state index is 7.25. The van der Waals surface area contributed by atoms with E-state index in [1.54, 1.807) is 0 Å². The standard InChI is InChI=1S/C6H6S.Fe.2NO/c7-6-4-2-1-3-5-6;;2*1-2/h1-5,7H;;;/q;+3;2*-1/p-1. The second-order valence-corrected chi connectivity index (χ2v) is 1.78. The molecule has 0 aliphatic rings. The van der Waals surface area contributed by atoms with Crippen LogP contribution in [0.4, 0.5) is 0 Å². The third kappa shape index (κ3) is 11.9. The minimum Gasteiger partial charge on any atom is -0.780 e. The fraction of sp³-hybridized carbons (Fsp3) is 0. The van der Waals surface area contributed by atoms with Crippen LogP contribution in [0.1, 0.15) is 0 Å². The van der Waals surface area contributed by atoms with Crippen molar-refractivity contribution in [3.05, 3.63) is 51.3 Å². The van der Waals surface area contributed by atoms with Crippen LogP contribution < -0.4 is 0 Å². The molecule has 0 aliphatic heterocycles. The van der Waals surface area contributed by atoms with E-state index in [1.807, 2.05) is 30.3 Å². The molecule has 0 fully saturated rings. The first-order valence-corrected chi connectivity index (χ1v) is 2.89. The van der Waals surface area contributed by atoms with Crippen molar-refractivity contribution >= 4 is 12.6 Å². The Labute approximate surface area is 86.2 Å². The van der Waals surface area contributed by atoms with Crippen molar-refractivity contribution < 1.29 is 17.1 Å². The Morgan fingerprint density at radius 1 is 0.917 bits per heavy atom. The summed E-state index contributed by atoms with van der Waals surface area (Å²) >= 11 is 4.81. The van der Waals surface area contributed by atoms with Crippen LogP contribution in [0.15, 0.2) is 35.2 Å². The Morgan fingerprint density at radius 3 is 1.42 bits per heavy atom. The maximum atomic E-state index is 7.25. The van der Waals surface area contributed by atoms with Gasteiger partial charge < -0.3 is 33.6 Å². The van der Waals surface area contributed by atoms with Gasteiger partial charge in [0, 0.05) is 0 Å². The average molecular weight is 225 g/mol. The van der Waals surface area contributed by atoms with Crippen molar-refractivity contribution in [2.75, 3.05) is 0 Å². The van der Waals surface area contributed by atoms with E-state index in [-0.39, 0.29) is 17.1 Å². The van der Waals surface area contributed by atoms with Crippen LogP contribution in [0.2, 0.25) is 0 Å². The van der Waals surface area contributed by atoms with Gasteiger partial charge in [0.1, 0.15) is 0 Å². The Kier molecular flexibility index (Phi) is 24.0. The van der Waals surface area contributed by atoms with Crippen LogP contribution in [-0.4, -0.2) is 0 Å². The predicted octanol–water partition coefficient (Wildman–Crippen LogP) is 2.23. The zero-order chi connectivity index (χ0) is 9.11. The monoisotopic (exact) mass is 225 g/mol. The average Bonchev–Trinajstić information content (AvgIpc) is 2.13. The van der Waals surface area contributed by atoms with E-state index in [1.165, 1.54) is 0 Å². The van der Waals surface area contributed by atoms with Gasteiger partial charge in [0.25, 0.3) is 0 Å². The molecule has 6 heteroatoms. The molecular weight excluding hydrogens is 220 g/mol. The summed E-state index contributed by atoms with van der Waals surface area (Å²) in [4.78, 5) is 15.4. The van der Waals surface area contributed by atoms with Crippen LogP contribution in [0, 0.1) is 9.81 Å². The third-order valence-electron chi connectivity index (χ3n) is 0.743. The van der Waals surface area contributed by atoms with Crippen LogP contribution >= 0.6 is 0 Å². The molecule has 0 bridgehead atoms. The number of benzene rings is 1. The first-order valence-electron chi connectivity index (χ1n) is 2.48. The predicted molar refractivity (Wildman–Crippen MR) is 45.5 cm³/mol. The molecule has 0 aromatic heterocycles. The van der Waals surface area contributed by atoms with Gasteiger partial charge in [-0.1, -0.05) is 30.3 Å². The molecule has 0 atom stereocenters. The number of nitroso groups, excluding NO2 is 2. The molecule has 65 valence electrons. The summed E-state index contributed by atoms with van der Waals surface area (Å²) in [5.74, 6) is 0. The number of nitrogens with zero attached hydrogens (tertiary/aromatic N) is 2. The molecule has 4 nitrogen and oxygen atoms in total. The van der Waals surface area contributed by atoms with Gasteiger partial charge in [-0.25, -0.2) is 0 Å². The van der Waals surface area contributed by atoms with Gasteiger partial charge in [0.15, 0.2) is 0 Å². The Hall–Kier alpha value is -0.841. The minimum atomic E-state index is 0. The van der Waals surface area contributed by atoms with Gasteiger partial charge in [0.05, 0.1) is 0 Å². The van der Waals surface area contributed by atoms with Gasteiger partial charge in [-0.05, 0) is 0 Å². The summed E-state index contributed by atoms with van der Waals surface area (Å²) in [6, 6.07) is 9.62. The Balaban J connectivity index is -0.000000144. The van der Waals surface area contributed by atoms with Gasteiger partial charge in [0.2, 0.25) is 0 Å². The zero-order valence-electron chi connectivity index (χ0n) is 5.86. The molecule has 1 aromatic carbocycles. The molecule has 1 rings (SSSR count). The molecular formula is C6H5FeN2O2S. The topological polar surface area (TPSA) is 78.7 Å². The van der Waals surface area contributed by atoms with Crippen molar-refractivity contribution in [2.24, 2.45) is 0 Å². The van der Waals surface area contributed by atoms with Crippen molar-refractivity contribution in [1.29, 1.82) is 0 Å². The van der Waals surface area contributed by atoms with E-state index >= 15 is 0 Å². The van der Waals surface area contributed by atoms with Crippen LogP contribution in [0.25, 0.3) is 11.2 Å². The third-order valence-corrected chi connectivity index (χ3v) is 1.02. The molecule has 12 heavy (non-hydrogen) atoms. The Bertz CT molecular complexity index is 174. The van der Waals surface area contributed by atoms with E-state index in [9.17, 15) is 0 Å². The SMILES string of the molecule is [Fe+3].[N-]=O.[N-]=O.[S-]c1ccccc1. The fourth-order valence-electron chi connectivity index (χ4n) is 0.420. The van der Waals surface area contributed by atoms with Crippen LogP contribution in [0.3, 0.4) is 0 Å². The molecule has 0 heterocycles. The molecule has 1 radical (unpaired) electrons. The van der Waals surface area contributed by atoms with E-state index < -0.39 is 0 Å². The van der Waals surface area contributed by atoms with E-state index in [0.717, 1.165) is 4.90 Å². The molecule has 0 N–H and O–H groups in total. The fourth-order valence-corrected chi connectivity index (χ4v) is 0.578. The van der Waals surface area contributed by atoms with Crippen LogP contribution in [-0.2, 0) is 29.7 Å². The van der Waals surface area contributed by atoms with Crippen molar-refractivity contribution in [3.8, 4) is 0 Å². The zero-order valence-corrected chi connectivity index (χ0v) is 7.78. The molecule has 0 saturated carbocycles. The smallest absolute Gasteiger partial charge is 0.780 e. The Morgan fingerprint density at radius 2 is 1.25 bits per heavy atom. The summed E-state index contributed by atoms with van der Waals surface area (Å²) in [7, 11) is 0. The molecule has 0 saturated heterocycles. The van der Waals surface area contributed by atoms with E-state index in [2.05, 4.69) is 0 Å². The molecule has 1 aromatic rings. The first kappa shape index (κ1) is 17.3. The molecule has 0 unspecified atom stereocenters. The second kappa shape index (κ2) is 16.6. The summed E-state index contributed by atoms with van der Waals surface area (Å²) in [5.41, 5.74) is 11.5. The van der Waals surface area contributed by atoms with Gasteiger partial charge in [-0.2, -0.15) is 4.90 Å². The summed E-state index contributed by atoms with van der Waals surface area (Å²) in [5, 5.41) is 0. The normalized spacial score (nSPS) is 5.67. The summed E-state index contributed by atoms with van der Waals surface area (Å²) in [6.07, 6.45) is 0. The molecule has 0 aliphatic carbocycles. The second-order valence-electron chi connectivity index (χ2n) is 1.31. The number of rotatable bonds is 0. The van der Waals surface area contributed by atoms with Crippen LogP contribution in [0.5, 0.6) is 0 Å².